The second-order valence-corrected chi connectivity index (χ2v) is 24.5. The number of hydrogen-bond acceptors (Lipinski definition) is 6. The fourth-order valence-electron chi connectivity index (χ4n) is 11.2. The Morgan fingerprint density at radius 2 is 0.423 bits per heavy atom. The Morgan fingerprint density at radius 1 is 0.244 bits per heavy atom. The molecule has 462 valence electrons. The molecule has 0 rings (SSSR count). The smallest absolute Gasteiger partial charge is 0.306 e. The minimum atomic E-state index is -0.768. The molecule has 78 heavy (non-hydrogen) atoms. The maximum absolute atomic E-state index is 12.9. The molecule has 0 aliphatic rings. The van der Waals surface area contributed by atoms with Crippen LogP contribution in [0.1, 0.15) is 412 Å². The molecule has 0 aromatic carbocycles. The molecule has 0 spiro atoms. The van der Waals surface area contributed by atoms with E-state index >= 15 is 0 Å². The molecule has 0 aromatic rings. The van der Waals surface area contributed by atoms with Crippen molar-refractivity contribution < 1.29 is 28.6 Å². The van der Waals surface area contributed by atoms with Crippen molar-refractivity contribution >= 4 is 17.9 Å². The van der Waals surface area contributed by atoms with Crippen molar-refractivity contribution in [3.8, 4) is 0 Å². The van der Waals surface area contributed by atoms with Gasteiger partial charge in [0.25, 0.3) is 0 Å². The number of hydrogen-bond donors (Lipinski definition) is 0. The number of carbonyl (C=O) groups is 3. The first kappa shape index (κ1) is 76.1. The molecule has 0 amide bonds. The normalized spacial score (nSPS) is 12.0. The monoisotopic (exact) mass is 1100 g/mol. The topological polar surface area (TPSA) is 78.9 Å². The van der Waals surface area contributed by atoms with Crippen LogP contribution >= 0.6 is 0 Å². The SMILES string of the molecule is CCCCC/C=C\CCCCCCCC(=O)OCC(COC(=O)CCCCCCCCCCCCCCCCCCCCCCCCCCCCCCCCCCCCC)OC(=O)CCCCCCCCCCCCCCC. The van der Waals surface area contributed by atoms with Gasteiger partial charge in [0, 0.05) is 19.3 Å². The van der Waals surface area contributed by atoms with Crippen molar-refractivity contribution in [3.63, 3.8) is 0 Å². The Morgan fingerprint density at radius 3 is 0.667 bits per heavy atom. The highest BCUT2D eigenvalue weighted by atomic mass is 16.6. The molecular formula is C72H138O6. The summed E-state index contributed by atoms with van der Waals surface area (Å²) in [7, 11) is 0. The van der Waals surface area contributed by atoms with Gasteiger partial charge in [0.1, 0.15) is 13.2 Å². The maximum Gasteiger partial charge on any atom is 0.306 e. The van der Waals surface area contributed by atoms with Gasteiger partial charge < -0.3 is 14.2 Å². The molecule has 0 aliphatic carbocycles. The molecule has 0 heterocycles. The Kier molecular flexibility index (Phi) is 66.0. The molecule has 0 saturated heterocycles. The van der Waals surface area contributed by atoms with Crippen LogP contribution in [0.2, 0.25) is 0 Å². The zero-order valence-corrected chi connectivity index (χ0v) is 53.2. The molecule has 6 nitrogen and oxygen atoms in total. The van der Waals surface area contributed by atoms with Crippen LogP contribution in [0.25, 0.3) is 0 Å². The molecule has 0 aromatic heterocycles. The molecule has 1 unspecified atom stereocenters. The summed E-state index contributed by atoms with van der Waals surface area (Å²) in [6.45, 7) is 6.68. The number of esters is 3. The highest BCUT2D eigenvalue weighted by Crippen LogP contribution is 2.19. The zero-order chi connectivity index (χ0) is 56.4. The third-order valence-corrected chi connectivity index (χ3v) is 16.5. The van der Waals surface area contributed by atoms with Crippen molar-refractivity contribution in [3.05, 3.63) is 12.2 Å². The number of unbranched alkanes of at least 4 members (excludes halogenated alkanes) is 54. The predicted molar refractivity (Wildman–Crippen MR) is 340 cm³/mol. The van der Waals surface area contributed by atoms with Crippen molar-refractivity contribution in [2.24, 2.45) is 0 Å². The number of ether oxygens (including phenoxy) is 3. The van der Waals surface area contributed by atoms with Crippen LogP contribution in [0.15, 0.2) is 12.2 Å². The average Bonchev–Trinajstić information content (AvgIpc) is 3.44. The first-order valence-corrected chi connectivity index (χ1v) is 35.7. The highest BCUT2D eigenvalue weighted by molar-refractivity contribution is 5.71. The van der Waals surface area contributed by atoms with Crippen LogP contribution < -0.4 is 0 Å². The second-order valence-electron chi connectivity index (χ2n) is 24.5. The van der Waals surface area contributed by atoms with Gasteiger partial charge >= 0.3 is 17.9 Å². The summed E-state index contributed by atoms with van der Waals surface area (Å²) < 4.78 is 16.9. The molecule has 0 fully saturated rings. The lowest BCUT2D eigenvalue weighted by molar-refractivity contribution is -0.167. The van der Waals surface area contributed by atoms with Gasteiger partial charge in [-0.3, -0.25) is 14.4 Å². The van der Waals surface area contributed by atoms with Gasteiger partial charge in [-0.2, -0.15) is 0 Å². The third kappa shape index (κ3) is 65.0. The van der Waals surface area contributed by atoms with E-state index in [1.54, 1.807) is 0 Å². The number of carbonyl (C=O) groups excluding carboxylic acids is 3. The largest absolute Gasteiger partial charge is 0.462 e. The molecule has 0 N–H and O–H groups in total. The number of rotatable bonds is 67. The summed E-state index contributed by atoms with van der Waals surface area (Å²) in [5, 5.41) is 0. The molecule has 0 radical (unpaired) electrons. The molecule has 0 bridgehead atoms. The minimum Gasteiger partial charge on any atom is -0.462 e. The van der Waals surface area contributed by atoms with Gasteiger partial charge in [-0.1, -0.05) is 360 Å². The first-order chi connectivity index (χ1) is 38.5. The molecule has 6 heteroatoms. The van der Waals surface area contributed by atoms with Crippen LogP contribution in [0.3, 0.4) is 0 Å². The van der Waals surface area contributed by atoms with E-state index in [4.69, 9.17) is 14.2 Å². The summed E-state index contributed by atoms with van der Waals surface area (Å²) in [5.41, 5.74) is 0. The van der Waals surface area contributed by atoms with E-state index in [9.17, 15) is 14.4 Å². The van der Waals surface area contributed by atoms with Crippen molar-refractivity contribution in [1.29, 1.82) is 0 Å². The Hall–Kier alpha value is -1.85. The van der Waals surface area contributed by atoms with E-state index in [0.29, 0.717) is 19.3 Å². The molecule has 0 saturated carbocycles. The molecule has 0 aliphatic heterocycles. The maximum atomic E-state index is 12.9. The van der Waals surface area contributed by atoms with Crippen LogP contribution in [0, 0.1) is 0 Å². The Balaban J connectivity index is 3.96. The fraction of sp³-hybridized carbons (Fsp3) is 0.931. The van der Waals surface area contributed by atoms with Crippen molar-refractivity contribution in [2.75, 3.05) is 13.2 Å². The van der Waals surface area contributed by atoms with Gasteiger partial charge in [0.15, 0.2) is 6.10 Å². The predicted octanol–water partition coefficient (Wildman–Crippen LogP) is 24.4. The van der Waals surface area contributed by atoms with Gasteiger partial charge in [0.2, 0.25) is 0 Å². The van der Waals surface area contributed by atoms with Gasteiger partial charge in [-0.15, -0.1) is 0 Å². The van der Waals surface area contributed by atoms with Gasteiger partial charge in [-0.25, -0.2) is 0 Å². The third-order valence-electron chi connectivity index (χ3n) is 16.5. The molecule has 1 atom stereocenters. The van der Waals surface area contributed by atoms with Crippen LogP contribution in [0.5, 0.6) is 0 Å². The Labute approximate surface area is 488 Å². The lowest BCUT2D eigenvalue weighted by Crippen LogP contribution is -2.30. The summed E-state index contributed by atoms with van der Waals surface area (Å²) in [5.74, 6) is -0.847. The van der Waals surface area contributed by atoms with E-state index < -0.39 is 6.10 Å². The summed E-state index contributed by atoms with van der Waals surface area (Å²) in [6, 6.07) is 0. The second kappa shape index (κ2) is 67.7. The summed E-state index contributed by atoms with van der Waals surface area (Å²) >= 11 is 0. The van der Waals surface area contributed by atoms with Gasteiger partial charge in [-0.05, 0) is 44.9 Å². The van der Waals surface area contributed by atoms with E-state index in [-0.39, 0.29) is 31.1 Å². The lowest BCUT2D eigenvalue weighted by Gasteiger charge is -2.18. The standard InChI is InChI=1S/C72H138O6/c1-4-7-10-13-16-19-22-25-26-27-28-29-30-31-32-33-34-35-36-37-38-39-40-41-42-43-44-45-46-48-50-53-56-59-62-65-71(74)77-68-69(67-76-70(73)64-61-58-55-52-49-24-21-18-15-12-9-6-3)78-72(75)66-63-60-57-54-51-47-23-20-17-14-11-8-5-2/h18,21,69H,4-17,19-20,22-68H2,1-3H3/b21-18-. The van der Waals surface area contributed by atoms with Gasteiger partial charge in [0.05, 0.1) is 0 Å². The summed E-state index contributed by atoms with van der Waals surface area (Å²) in [4.78, 5) is 38.2. The lowest BCUT2D eigenvalue weighted by atomic mass is 10.0. The number of allylic oxidation sites excluding steroid dienone is 2. The highest BCUT2D eigenvalue weighted by Gasteiger charge is 2.19. The minimum absolute atomic E-state index is 0.0663. The van der Waals surface area contributed by atoms with E-state index in [1.807, 2.05) is 0 Å². The summed E-state index contributed by atoms with van der Waals surface area (Å²) in [6.07, 6.45) is 81.3. The van der Waals surface area contributed by atoms with E-state index in [1.165, 1.54) is 308 Å². The van der Waals surface area contributed by atoms with Crippen LogP contribution in [-0.2, 0) is 28.6 Å². The van der Waals surface area contributed by atoms with Crippen LogP contribution in [-0.4, -0.2) is 37.2 Å². The first-order valence-electron chi connectivity index (χ1n) is 35.7. The van der Waals surface area contributed by atoms with E-state index in [0.717, 1.165) is 64.2 Å². The van der Waals surface area contributed by atoms with E-state index in [2.05, 4.69) is 32.9 Å². The quantitative estimate of drug-likeness (QED) is 0.0261. The van der Waals surface area contributed by atoms with Crippen molar-refractivity contribution in [1.82, 2.24) is 0 Å². The van der Waals surface area contributed by atoms with Crippen molar-refractivity contribution in [2.45, 2.75) is 419 Å². The Bertz CT molecular complexity index is 1210. The fourth-order valence-corrected chi connectivity index (χ4v) is 11.2. The molecular weight excluding hydrogens is 961 g/mol. The average molecular weight is 1100 g/mol. The zero-order valence-electron chi connectivity index (χ0n) is 53.2. The van der Waals surface area contributed by atoms with Crippen LogP contribution in [0.4, 0.5) is 0 Å².